The Morgan fingerprint density at radius 2 is 1.92 bits per heavy atom. The van der Waals surface area contributed by atoms with Crippen molar-refractivity contribution >= 4 is 30.0 Å². The Labute approximate surface area is 162 Å². The van der Waals surface area contributed by atoms with E-state index < -0.39 is 0 Å². The van der Waals surface area contributed by atoms with Crippen LogP contribution in [0.1, 0.15) is 32.3 Å². The summed E-state index contributed by atoms with van der Waals surface area (Å²) in [4.78, 5) is 26.4. The first-order valence-corrected chi connectivity index (χ1v) is 9.02. The molecule has 3 unspecified atom stereocenters. The van der Waals surface area contributed by atoms with Gasteiger partial charge in [0.05, 0.1) is 5.92 Å². The zero-order chi connectivity index (χ0) is 18.4. The van der Waals surface area contributed by atoms with E-state index in [4.69, 9.17) is 5.73 Å². The summed E-state index contributed by atoms with van der Waals surface area (Å²) in [6, 6.07) is 7.32. The topological polar surface area (TPSA) is 87.5 Å². The van der Waals surface area contributed by atoms with Crippen molar-refractivity contribution in [2.75, 3.05) is 25.0 Å². The summed E-state index contributed by atoms with van der Waals surface area (Å²) in [5.74, 6) is 0.224. The molecule has 0 aliphatic carbocycles. The number of nitrogens with zero attached hydrogens (tertiary/aromatic N) is 1. The number of hydrogen-bond donors (Lipinski definition) is 3. The van der Waals surface area contributed by atoms with Crippen molar-refractivity contribution in [3.63, 3.8) is 0 Å². The fraction of sp³-hybridized carbons (Fsp3) is 0.579. The quantitative estimate of drug-likeness (QED) is 0.731. The summed E-state index contributed by atoms with van der Waals surface area (Å²) >= 11 is 0. The number of piperidine rings is 1. The number of carbonyl (C=O) groups excluding carboxylic acids is 2. The number of carbonyl (C=O) groups is 2. The minimum Gasteiger partial charge on any atom is -0.342 e. The van der Waals surface area contributed by atoms with E-state index >= 15 is 0 Å². The predicted molar refractivity (Wildman–Crippen MR) is 108 cm³/mol. The van der Waals surface area contributed by atoms with Crippen LogP contribution in [0, 0.1) is 18.8 Å². The molecule has 0 aromatic heterocycles. The molecule has 2 rings (SSSR count). The maximum absolute atomic E-state index is 12.4. The van der Waals surface area contributed by atoms with Gasteiger partial charge in [0.15, 0.2) is 0 Å². The molecular weight excluding hydrogens is 352 g/mol. The first kappa shape index (κ1) is 22.3. The summed E-state index contributed by atoms with van der Waals surface area (Å²) in [6.45, 7) is 7.77. The predicted octanol–water partition coefficient (Wildman–Crippen LogP) is 2.76. The first-order valence-electron chi connectivity index (χ1n) is 9.02. The van der Waals surface area contributed by atoms with Crippen LogP contribution in [0.25, 0.3) is 0 Å². The minimum absolute atomic E-state index is 0. The van der Waals surface area contributed by atoms with E-state index in [-0.39, 0.29) is 42.2 Å². The molecule has 26 heavy (non-hydrogen) atoms. The van der Waals surface area contributed by atoms with Crippen LogP contribution < -0.4 is 16.4 Å². The molecule has 146 valence electrons. The van der Waals surface area contributed by atoms with Crippen molar-refractivity contribution in [1.29, 1.82) is 0 Å². The fourth-order valence-electron chi connectivity index (χ4n) is 2.99. The highest BCUT2D eigenvalue weighted by Gasteiger charge is 2.28. The number of urea groups is 1. The Morgan fingerprint density at radius 3 is 2.54 bits per heavy atom. The number of nitrogens with one attached hydrogen (secondary N) is 2. The number of aryl methyl sites for hydroxylation is 1. The maximum atomic E-state index is 12.4. The number of amides is 3. The Balaban J connectivity index is 0.00000338. The van der Waals surface area contributed by atoms with Crippen molar-refractivity contribution in [3.05, 3.63) is 29.8 Å². The van der Waals surface area contributed by atoms with Gasteiger partial charge in [0.1, 0.15) is 0 Å². The molecule has 0 spiro atoms. The van der Waals surface area contributed by atoms with Gasteiger partial charge in [-0.3, -0.25) is 4.79 Å². The van der Waals surface area contributed by atoms with E-state index in [0.29, 0.717) is 13.1 Å². The zero-order valence-corrected chi connectivity index (χ0v) is 16.6. The summed E-state index contributed by atoms with van der Waals surface area (Å²) in [5.41, 5.74) is 7.77. The highest BCUT2D eigenvalue weighted by molar-refractivity contribution is 5.89. The zero-order valence-electron chi connectivity index (χ0n) is 15.8. The third kappa shape index (κ3) is 6.50. The van der Waals surface area contributed by atoms with Crippen LogP contribution in [0.2, 0.25) is 0 Å². The molecule has 7 heteroatoms. The smallest absolute Gasteiger partial charge is 0.319 e. The van der Waals surface area contributed by atoms with Gasteiger partial charge in [-0.15, -0.1) is 12.4 Å². The van der Waals surface area contributed by atoms with Crippen LogP contribution in [-0.4, -0.2) is 42.5 Å². The van der Waals surface area contributed by atoms with E-state index in [2.05, 4.69) is 10.6 Å². The van der Waals surface area contributed by atoms with Crippen LogP contribution in [0.15, 0.2) is 24.3 Å². The molecule has 1 aromatic carbocycles. The lowest BCUT2D eigenvalue weighted by molar-refractivity contribution is -0.137. The number of hydrogen-bond acceptors (Lipinski definition) is 3. The Morgan fingerprint density at radius 1 is 1.27 bits per heavy atom. The first-order chi connectivity index (χ1) is 11.9. The number of nitrogens with two attached hydrogens (primary N) is 1. The average Bonchev–Trinajstić information content (AvgIpc) is 2.61. The largest absolute Gasteiger partial charge is 0.342 e. The fourth-order valence-corrected chi connectivity index (χ4v) is 2.99. The van der Waals surface area contributed by atoms with E-state index in [1.54, 1.807) is 0 Å². The molecule has 3 amide bonds. The monoisotopic (exact) mass is 382 g/mol. The second kappa shape index (κ2) is 10.4. The van der Waals surface area contributed by atoms with E-state index in [9.17, 15) is 9.59 Å². The number of halogens is 1. The van der Waals surface area contributed by atoms with Crippen LogP contribution in [0.5, 0.6) is 0 Å². The number of rotatable bonds is 5. The molecule has 6 nitrogen and oxygen atoms in total. The Kier molecular flexibility index (Phi) is 8.88. The maximum Gasteiger partial charge on any atom is 0.319 e. The van der Waals surface area contributed by atoms with Crippen LogP contribution in [0.4, 0.5) is 10.5 Å². The van der Waals surface area contributed by atoms with Crippen molar-refractivity contribution in [2.24, 2.45) is 17.6 Å². The molecule has 0 bridgehead atoms. The number of likely N-dealkylation sites (tertiary alicyclic amines) is 1. The molecule has 1 aliphatic heterocycles. The Bertz CT molecular complexity index is 592. The number of anilines is 1. The van der Waals surface area contributed by atoms with Crippen molar-refractivity contribution < 1.29 is 9.59 Å². The van der Waals surface area contributed by atoms with Gasteiger partial charge in [0.25, 0.3) is 0 Å². The van der Waals surface area contributed by atoms with E-state index in [1.165, 1.54) is 0 Å². The van der Waals surface area contributed by atoms with Gasteiger partial charge < -0.3 is 21.3 Å². The van der Waals surface area contributed by atoms with Gasteiger partial charge in [-0.2, -0.15) is 0 Å². The number of benzene rings is 1. The van der Waals surface area contributed by atoms with Gasteiger partial charge >= 0.3 is 6.03 Å². The third-order valence-electron chi connectivity index (χ3n) is 4.87. The molecule has 1 fully saturated rings. The van der Waals surface area contributed by atoms with Crippen LogP contribution in [0.3, 0.4) is 0 Å². The lowest BCUT2D eigenvalue weighted by Gasteiger charge is -2.35. The SMILES string of the molecule is Cc1ccc(NC(=O)NCC2CCCN(C(=O)C(C)C(C)N)C2)cc1.Cl. The lowest BCUT2D eigenvalue weighted by atomic mass is 9.95. The molecular formula is C19H31ClN4O2. The van der Waals surface area contributed by atoms with Gasteiger partial charge in [0, 0.05) is 31.4 Å². The second-order valence-electron chi connectivity index (χ2n) is 7.14. The van der Waals surface area contributed by atoms with Crippen LogP contribution >= 0.6 is 12.4 Å². The molecule has 3 atom stereocenters. The standard InChI is InChI=1S/C19H30N4O2.ClH/c1-13-6-8-17(9-7-13)22-19(25)21-11-16-5-4-10-23(12-16)18(24)14(2)15(3)20;/h6-9,14-16H,4-5,10-12,20H2,1-3H3,(H2,21,22,25);1H. The van der Waals surface area contributed by atoms with E-state index in [0.717, 1.165) is 30.6 Å². The van der Waals surface area contributed by atoms with Gasteiger partial charge in [-0.25, -0.2) is 4.79 Å². The molecule has 1 heterocycles. The Hall–Kier alpha value is -1.79. The lowest BCUT2D eigenvalue weighted by Crippen LogP contribution is -2.48. The molecule has 1 saturated heterocycles. The van der Waals surface area contributed by atoms with Crippen molar-refractivity contribution in [3.8, 4) is 0 Å². The molecule has 1 aromatic rings. The molecule has 1 aliphatic rings. The highest BCUT2D eigenvalue weighted by Crippen LogP contribution is 2.18. The second-order valence-corrected chi connectivity index (χ2v) is 7.14. The third-order valence-corrected chi connectivity index (χ3v) is 4.87. The normalized spacial score (nSPS) is 19.1. The average molecular weight is 383 g/mol. The van der Waals surface area contributed by atoms with Gasteiger partial charge in [-0.05, 0) is 44.7 Å². The summed E-state index contributed by atoms with van der Waals surface area (Å²) in [5, 5.41) is 5.74. The molecule has 0 radical (unpaired) electrons. The van der Waals surface area contributed by atoms with Crippen molar-refractivity contribution in [2.45, 2.75) is 39.7 Å². The van der Waals surface area contributed by atoms with Gasteiger partial charge in [-0.1, -0.05) is 24.6 Å². The summed E-state index contributed by atoms with van der Waals surface area (Å²) in [7, 11) is 0. The summed E-state index contributed by atoms with van der Waals surface area (Å²) in [6.07, 6.45) is 1.98. The van der Waals surface area contributed by atoms with E-state index in [1.807, 2.05) is 49.9 Å². The van der Waals surface area contributed by atoms with Gasteiger partial charge in [0.2, 0.25) is 5.91 Å². The molecule has 0 saturated carbocycles. The summed E-state index contributed by atoms with van der Waals surface area (Å²) < 4.78 is 0. The van der Waals surface area contributed by atoms with Crippen LogP contribution in [-0.2, 0) is 4.79 Å². The van der Waals surface area contributed by atoms with Crippen molar-refractivity contribution in [1.82, 2.24) is 10.2 Å². The molecule has 4 N–H and O–H groups in total. The highest BCUT2D eigenvalue weighted by atomic mass is 35.5. The minimum atomic E-state index is -0.212.